The summed E-state index contributed by atoms with van der Waals surface area (Å²) in [7, 11) is 0. The molecule has 0 aliphatic rings. The van der Waals surface area contributed by atoms with Crippen molar-refractivity contribution in [2.75, 3.05) is 0 Å². The van der Waals surface area contributed by atoms with Crippen molar-refractivity contribution in [1.29, 1.82) is 0 Å². The largest absolute Gasteiger partial charge is 0.172 e. The average molecular weight is 216 g/mol. The minimum atomic E-state index is 0. The molecular weight excluding hydrogens is 214 g/mol. The van der Waals surface area contributed by atoms with E-state index in [2.05, 4.69) is 35.5 Å². The molecule has 0 spiro atoms. The third-order valence-corrected chi connectivity index (χ3v) is 1.66. The molecule has 0 atom stereocenters. The van der Waals surface area contributed by atoms with Gasteiger partial charge in [-0.2, -0.15) is 0 Å². The van der Waals surface area contributed by atoms with Crippen LogP contribution in [0.4, 0.5) is 0 Å². The van der Waals surface area contributed by atoms with E-state index in [0.29, 0.717) is 8.68 Å². The molecule has 40 valence electrons. The molecule has 0 aliphatic carbocycles. The summed E-state index contributed by atoms with van der Waals surface area (Å²) in [6.07, 6.45) is 0. The molecule has 6 heteroatoms. The van der Waals surface area contributed by atoms with Crippen LogP contribution in [0.2, 0.25) is 0 Å². The van der Waals surface area contributed by atoms with Crippen molar-refractivity contribution in [2.24, 2.45) is 0 Å². The molecule has 0 fully saturated rings. The molecule has 1 rings (SSSR count). The Morgan fingerprint density at radius 1 is 1.12 bits per heavy atom. The van der Waals surface area contributed by atoms with Crippen molar-refractivity contribution in [3.8, 4) is 0 Å². The number of thiol groups is 2. The van der Waals surface area contributed by atoms with Crippen LogP contribution in [0, 0.1) is 0 Å². The first-order valence-electron chi connectivity index (χ1n) is 1.50. The molecule has 0 aliphatic heterocycles. The van der Waals surface area contributed by atoms with E-state index in [0.717, 1.165) is 0 Å². The molecule has 0 radical (unpaired) electrons. The minimum Gasteiger partial charge on any atom is -0.131 e. The number of aromatic nitrogens is 2. The molecular formula is C2H2N2S3Zn. The maximum atomic E-state index is 3.90. The Morgan fingerprint density at radius 2 is 1.50 bits per heavy atom. The summed E-state index contributed by atoms with van der Waals surface area (Å²) in [5, 5.41) is 7.15. The fourth-order valence-corrected chi connectivity index (χ4v) is 1.36. The number of nitrogens with zero attached hydrogens (tertiary/aromatic N) is 2. The molecule has 1 heterocycles. The quantitative estimate of drug-likeness (QED) is 0.501. The average Bonchev–Trinajstić information content (AvgIpc) is 1.87. The van der Waals surface area contributed by atoms with Crippen molar-refractivity contribution >= 4 is 36.6 Å². The molecule has 1 aromatic rings. The van der Waals surface area contributed by atoms with E-state index in [-0.39, 0.29) is 19.5 Å². The zero-order valence-electron chi connectivity index (χ0n) is 3.90. The monoisotopic (exact) mass is 214 g/mol. The standard InChI is InChI=1S/C2H2N2S3.Zn/c5-1-3-4-2(6)7-1;/h(H,3,5)(H,4,6);. The Hall–Kier alpha value is 0.883. The third kappa shape index (κ3) is 2.44. The van der Waals surface area contributed by atoms with Crippen LogP contribution >= 0.6 is 36.6 Å². The molecule has 2 nitrogen and oxygen atoms in total. The number of hydrogen-bond donors (Lipinski definition) is 2. The summed E-state index contributed by atoms with van der Waals surface area (Å²) >= 11 is 9.15. The minimum absolute atomic E-state index is 0. The van der Waals surface area contributed by atoms with E-state index in [9.17, 15) is 0 Å². The first kappa shape index (κ1) is 8.88. The summed E-state index contributed by atoms with van der Waals surface area (Å²) in [6, 6.07) is 0. The van der Waals surface area contributed by atoms with Gasteiger partial charge >= 0.3 is 0 Å². The van der Waals surface area contributed by atoms with Crippen LogP contribution in [0.5, 0.6) is 0 Å². The van der Waals surface area contributed by atoms with Gasteiger partial charge in [-0.05, 0) is 0 Å². The van der Waals surface area contributed by atoms with Crippen LogP contribution in [-0.2, 0) is 19.5 Å². The molecule has 0 saturated carbocycles. The Labute approximate surface area is 74.7 Å². The molecule has 8 heavy (non-hydrogen) atoms. The van der Waals surface area contributed by atoms with Crippen molar-refractivity contribution in [2.45, 2.75) is 8.68 Å². The maximum absolute atomic E-state index is 3.90. The Morgan fingerprint density at radius 3 is 1.62 bits per heavy atom. The third-order valence-electron chi connectivity index (χ3n) is 0.404. The van der Waals surface area contributed by atoms with Gasteiger partial charge in [-0.1, -0.05) is 11.3 Å². The van der Waals surface area contributed by atoms with Crippen LogP contribution < -0.4 is 0 Å². The molecule has 0 N–H and O–H groups in total. The molecule has 1 aromatic heterocycles. The van der Waals surface area contributed by atoms with E-state index in [1.807, 2.05) is 0 Å². The second kappa shape index (κ2) is 3.82. The zero-order chi connectivity index (χ0) is 5.28. The van der Waals surface area contributed by atoms with E-state index < -0.39 is 0 Å². The summed E-state index contributed by atoms with van der Waals surface area (Å²) in [6.45, 7) is 0. The van der Waals surface area contributed by atoms with Gasteiger partial charge in [0.2, 0.25) is 0 Å². The van der Waals surface area contributed by atoms with Gasteiger partial charge in [-0.3, -0.25) is 0 Å². The molecule has 0 amide bonds. The SMILES string of the molecule is Sc1nnc(S)s1.[Zn]. The van der Waals surface area contributed by atoms with Gasteiger partial charge in [0.1, 0.15) is 0 Å². The molecule has 0 saturated heterocycles. The van der Waals surface area contributed by atoms with Crippen LogP contribution in [-0.4, -0.2) is 10.2 Å². The molecule has 0 aromatic carbocycles. The van der Waals surface area contributed by atoms with Crippen molar-refractivity contribution < 1.29 is 19.5 Å². The first-order valence-corrected chi connectivity index (χ1v) is 3.21. The van der Waals surface area contributed by atoms with E-state index >= 15 is 0 Å². The van der Waals surface area contributed by atoms with E-state index in [1.165, 1.54) is 11.3 Å². The summed E-state index contributed by atoms with van der Waals surface area (Å²) in [5.74, 6) is 0. The number of rotatable bonds is 0. The normalized spacial score (nSPS) is 8.25. The predicted molar refractivity (Wildman–Crippen MR) is 34.4 cm³/mol. The maximum Gasteiger partial charge on any atom is 0.172 e. The van der Waals surface area contributed by atoms with Gasteiger partial charge in [-0.25, -0.2) is 0 Å². The van der Waals surface area contributed by atoms with E-state index in [4.69, 9.17) is 0 Å². The van der Waals surface area contributed by atoms with Gasteiger partial charge in [0.15, 0.2) is 8.68 Å². The predicted octanol–water partition coefficient (Wildman–Crippen LogP) is 1.11. The zero-order valence-corrected chi connectivity index (χ0v) is 9.48. The number of hydrogen-bond acceptors (Lipinski definition) is 5. The molecule has 0 bridgehead atoms. The van der Waals surface area contributed by atoms with Crippen LogP contribution in [0.15, 0.2) is 8.68 Å². The second-order valence-electron chi connectivity index (χ2n) is 0.867. The van der Waals surface area contributed by atoms with E-state index in [1.54, 1.807) is 0 Å². The Balaban J connectivity index is 0.000000490. The van der Waals surface area contributed by atoms with Crippen molar-refractivity contribution in [3.05, 3.63) is 0 Å². The Kier molecular flexibility index (Phi) is 4.25. The topological polar surface area (TPSA) is 25.8 Å². The van der Waals surface area contributed by atoms with Gasteiger partial charge in [0.05, 0.1) is 0 Å². The van der Waals surface area contributed by atoms with Gasteiger partial charge < -0.3 is 0 Å². The fraction of sp³-hybridized carbons (Fsp3) is 0. The summed E-state index contributed by atoms with van der Waals surface area (Å²) < 4.78 is 1.31. The van der Waals surface area contributed by atoms with Crippen molar-refractivity contribution in [3.63, 3.8) is 0 Å². The molecule has 0 unspecified atom stereocenters. The summed E-state index contributed by atoms with van der Waals surface area (Å²) in [5.41, 5.74) is 0. The van der Waals surface area contributed by atoms with Crippen LogP contribution in [0.1, 0.15) is 0 Å². The van der Waals surface area contributed by atoms with Crippen LogP contribution in [0.3, 0.4) is 0 Å². The fourth-order valence-electron chi connectivity index (χ4n) is 0.208. The summed E-state index contributed by atoms with van der Waals surface area (Å²) in [4.78, 5) is 0. The second-order valence-corrected chi connectivity index (χ2v) is 3.30. The van der Waals surface area contributed by atoms with Gasteiger partial charge in [0, 0.05) is 19.5 Å². The van der Waals surface area contributed by atoms with Crippen LogP contribution in [0.25, 0.3) is 0 Å². The first-order chi connectivity index (χ1) is 3.29. The van der Waals surface area contributed by atoms with Crippen molar-refractivity contribution in [1.82, 2.24) is 10.2 Å². The smallest absolute Gasteiger partial charge is 0.131 e. The Bertz CT molecular complexity index is 148. The van der Waals surface area contributed by atoms with Gasteiger partial charge in [-0.15, -0.1) is 35.5 Å². The van der Waals surface area contributed by atoms with Gasteiger partial charge in [0.25, 0.3) is 0 Å².